The minimum atomic E-state index is -0.351. The minimum absolute atomic E-state index is 0.224. The van der Waals surface area contributed by atoms with Crippen molar-refractivity contribution >= 4 is 39.2 Å². The molecule has 0 bridgehead atoms. The molecule has 1 aromatic heterocycles. The minimum Gasteiger partial charge on any atom is -0.334 e. The highest BCUT2D eigenvalue weighted by molar-refractivity contribution is 9.11. The molecule has 0 aromatic carbocycles. The number of hydrogen-bond acceptors (Lipinski definition) is 3. The molecule has 7 heteroatoms. The first-order valence-corrected chi connectivity index (χ1v) is 7.88. The molecular formula is C12H16BrN3O2S. The Morgan fingerprint density at radius 3 is 2.53 bits per heavy atom. The summed E-state index contributed by atoms with van der Waals surface area (Å²) in [6.45, 7) is 0. The van der Waals surface area contributed by atoms with Gasteiger partial charge >= 0.3 is 6.03 Å². The van der Waals surface area contributed by atoms with Crippen LogP contribution in [0.3, 0.4) is 0 Å². The molecule has 0 aliphatic heterocycles. The van der Waals surface area contributed by atoms with Crippen LogP contribution in [0.25, 0.3) is 0 Å². The van der Waals surface area contributed by atoms with Crippen LogP contribution in [0, 0.1) is 0 Å². The van der Waals surface area contributed by atoms with Crippen LogP contribution in [-0.2, 0) is 0 Å². The first kappa shape index (κ1) is 14.3. The maximum atomic E-state index is 11.7. The SMILES string of the molecule is O=C(NNC(=O)c1ccc(Br)s1)NC1CCCCC1. The molecule has 1 fully saturated rings. The summed E-state index contributed by atoms with van der Waals surface area (Å²) in [6, 6.07) is 3.37. The lowest BCUT2D eigenvalue weighted by Gasteiger charge is -2.22. The highest BCUT2D eigenvalue weighted by Crippen LogP contribution is 2.21. The second kappa shape index (κ2) is 6.91. The van der Waals surface area contributed by atoms with Gasteiger partial charge in [-0.25, -0.2) is 10.2 Å². The van der Waals surface area contributed by atoms with Crippen molar-refractivity contribution in [3.8, 4) is 0 Å². The van der Waals surface area contributed by atoms with Gasteiger partial charge in [0.25, 0.3) is 5.91 Å². The summed E-state index contributed by atoms with van der Waals surface area (Å²) in [5.74, 6) is -0.311. The standard InChI is InChI=1S/C12H16BrN3O2S/c13-10-7-6-9(19-10)11(17)15-16-12(18)14-8-4-2-1-3-5-8/h6-8H,1-5H2,(H,15,17)(H2,14,16,18). The van der Waals surface area contributed by atoms with Crippen molar-refractivity contribution in [2.45, 2.75) is 38.1 Å². The van der Waals surface area contributed by atoms with Gasteiger partial charge in [-0.1, -0.05) is 19.3 Å². The molecule has 0 unspecified atom stereocenters. The lowest BCUT2D eigenvalue weighted by Crippen LogP contribution is -2.50. The largest absolute Gasteiger partial charge is 0.334 e. The fraction of sp³-hybridized carbons (Fsp3) is 0.500. The molecule has 1 aromatic rings. The highest BCUT2D eigenvalue weighted by Gasteiger charge is 2.16. The van der Waals surface area contributed by atoms with Crippen LogP contribution in [-0.4, -0.2) is 18.0 Å². The van der Waals surface area contributed by atoms with E-state index >= 15 is 0 Å². The van der Waals surface area contributed by atoms with Crippen LogP contribution in [0.1, 0.15) is 41.8 Å². The maximum absolute atomic E-state index is 11.7. The van der Waals surface area contributed by atoms with Crippen molar-refractivity contribution in [2.24, 2.45) is 0 Å². The van der Waals surface area contributed by atoms with Crippen molar-refractivity contribution in [3.05, 3.63) is 20.8 Å². The van der Waals surface area contributed by atoms with Crippen LogP contribution in [0.15, 0.2) is 15.9 Å². The van der Waals surface area contributed by atoms with Crippen LogP contribution >= 0.6 is 27.3 Å². The molecule has 0 saturated heterocycles. The van der Waals surface area contributed by atoms with E-state index in [9.17, 15) is 9.59 Å². The summed E-state index contributed by atoms with van der Waals surface area (Å²) in [4.78, 5) is 23.8. The molecule has 1 saturated carbocycles. The highest BCUT2D eigenvalue weighted by atomic mass is 79.9. The molecule has 104 valence electrons. The van der Waals surface area contributed by atoms with Gasteiger partial charge in [0.05, 0.1) is 8.66 Å². The monoisotopic (exact) mass is 345 g/mol. The molecule has 3 amide bonds. The van der Waals surface area contributed by atoms with Gasteiger partial charge in [-0.3, -0.25) is 10.2 Å². The van der Waals surface area contributed by atoms with Crippen LogP contribution < -0.4 is 16.2 Å². The Hall–Kier alpha value is -1.08. The molecular weight excluding hydrogens is 330 g/mol. The average molecular weight is 346 g/mol. The summed E-state index contributed by atoms with van der Waals surface area (Å²) in [5, 5.41) is 2.86. The van der Waals surface area contributed by atoms with Gasteiger partial charge < -0.3 is 5.32 Å². The number of thiophene rings is 1. The molecule has 5 nitrogen and oxygen atoms in total. The Balaban J connectivity index is 1.72. The summed E-state index contributed by atoms with van der Waals surface area (Å²) in [7, 11) is 0. The molecule has 0 spiro atoms. The van der Waals surface area contributed by atoms with Crippen molar-refractivity contribution in [1.29, 1.82) is 0 Å². The Morgan fingerprint density at radius 1 is 1.16 bits per heavy atom. The molecule has 1 aliphatic rings. The van der Waals surface area contributed by atoms with E-state index in [2.05, 4.69) is 32.1 Å². The first-order valence-electron chi connectivity index (χ1n) is 6.27. The average Bonchev–Trinajstić information content (AvgIpc) is 2.84. The number of urea groups is 1. The third kappa shape index (κ3) is 4.50. The van der Waals surface area contributed by atoms with E-state index in [0.717, 1.165) is 29.5 Å². The zero-order valence-electron chi connectivity index (χ0n) is 10.4. The number of hydrogen-bond donors (Lipinski definition) is 3. The number of nitrogens with one attached hydrogen (secondary N) is 3. The van der Waals surface area contributed by atoms with Crippen molar-refractivity contribution in [1.82, 2.24) is 16.2 Å². The van der Waals surface area contributed by atoms with E-state index in [4.69, 9.17) is 0 Å². The van der Waals surface area contributed by atoms with Gasteiger partial charge in [0.1, 0.15) is 0 Å². The number of hydrazine groups is 1. The number of rotatable bonds is 2. The van der Waals surface area contributed by atoms with E-state index in [0.29, 0.717) is 4.88 Å². The summed E-state index contributed by atoms with van der Waals surface area (Å²) >= 11 is 4.60. The maximum Gasteiger partial charge on any atom is 0.333 e. The number of carbonyl (C=O) groups is 2. The number of carbonyl (C=O) groups excluding carboxylic acids is 2. The normalized spacial score (nSPS) is 15.8. The van der Waals surface area contributed by atoms with E-state index in [1.54, 1.807) is 12.1 Å². The molecule has 0 atom stereocenters. The van der Waals surface area contributed by atoms with Gasteiger partial charge in [0.15, 0.2) is 0 Å². The third-order valence-corrected chi connectivity index (χ3v) is 4.65. The van der Waals surface area contributed by atoms with Gasteiger partial charge in [-0.2, -0.15) is 0 Å². The van der Waals surface area contributed by atoms with Crippen molar-refractivity contribution in [3.63, 3.8) is 0 Å². The zero-order valence-corrected chi connectivity index (χ0v) is 12.8. The predicted octanol–water partition coefficient (Wildman–Crippen LogP) is 2.79. The van der Waals surface area contributed by atoms with E-state index in [-0.39, 0.29) is 18.0 Å². The molecule has 3 N–H and O–H groups in total. The van der Waals surface area contributed by atoms with Gasteiger partial charge in [0, 0.05) is 6.04 Å². The fourth-order valence-electron chi connectivity index (χ4n) is 2.08. The van der Waals surface area contributed by atoms with Gasteiger partial charge in [-0.15, -0.1) is 11.3 Å². The van der Waals surface area contributed by atoms with Crippen molar-refractivity contribution in [2.75, 3.05) is 0 Å². The van der Waals surface area contributed by atoms with Crippen molar-refractivity contribution < 1.29 is 9.59 Å². The Labute approximate surface area is 124 Å². The summed E-state index contributed by atoms with van der Waals surface area (Å²) < 4.78 is 0.879. The topological polar surface area (TPSA) is 70.2 Å². The first-order chi connectivity index (χ1) is 9.15. The summed E-state index contributed by atoms with van der Waals surface area (Å²) in [6.07, 6.45) is 5.57. The molecule has 19 heavy (non-hydrogen) atoms. The Kier molecular flexibility index (Phi) is 5.21. The van der Waals surface area contributed by atoms with E-state index < -0.39 is 0 Å². The third-order valence-electron chi connectivity index (χ3n) is 3.03. The molecule has 1 heterocycles. The van der Waals surface area contributed by atoms with Gasteiger partial charge in [0.2, 0.25) is 0 Å². The predicted molar refractivity (Wildman–Crippen MR) is 78.0 cm³/mol. The van der Waals surface area contributed by atoms with E-state index in [1.807, 2.05) is 0 Å². The Morgan fingerprint density at radius 2 is 1.89 bits per heavy atom. The zero-order chi connectivity index (χ0) is 13.7. The molecule has 2 rings (SSSR count). The molecule has 0 radical (unpaired) electrons. The quantitative estimate of drug-likeness (QED) is 0.721. The van der Waals surface area contributed by atoms with Gasteiger partial charge in [-0.05, 0) is 40.9 Å². The van der Waals surface area contributed by atoms with Crippen LogP contribution in [0.4, 0.5) is 4.79 Å². The van der Waals surface area contributed by atoms with Crippen LogP contribution in [0.2, 0.25) is 0 Å². The molecule has 1 aliphatic carbocycles. The fourth-order valence-corrected chi connectivity index (χ4v) is 3.36. The second-order valence-electron chi connectivity index (χ2n) is 4.49. The lowest BCUT2D eigenvalue weighted by molar-refractivity contribution is 0.0939. The van der Waals surface area contributed by atoms with Crippen LogP contribution in [0.5, 0.6) is 0 Å². The lowest BCUT2D eigenvalue weighted by atomic mass is 9.96. The number of halogens is 1. The Bertz CT molecular complexity index is 458. The van der Waals surface area contributed by atoms with E-state index in [1.165, 1.54) is 17.8 Å². The number of amides is 3. The smallest absolute Gasteiger partial charge is 0.333 e. The summed E-state index contributed by atoms with van der Waals surface area (Å²) in [5.41, 5.74) is 4.77. The second-order valence-corrected chi connectivity index (χ2v) is 6.95.